The van der Waals surface area contributed by atoms with Crippen molar-refractivity contribution in [3.05, 3.63) is 83.9 Å². The van der Waals surface area contributed by atoms with Crippen LogP contribution in [0, 0.1) is 13.8 Å². The van der Waals surface area contributed by atoms with E-state index in [0.29, 0.717) is 17.9 Å². The molecule has 2 N–H and O–H groups in total. The monoisotopic (exact) mass is 448 g/mol. The molecule has 0 aliphatic rings. The molecule has 32 heavy (non-hydrogen) atoms. The summed E-state index contributed by atoms with van der Waals surface area (Å²) in [6.45, 7) is 5.94. The van der Waals surface area contributed by atoms with E-state index in [2.05, 4.69) is 16.7 Å². The van der Waals surface area contributed by atoms with Crippen LogP contribution in [0.25, 0.3) is 0 Å². The van der Waals surface area contributed by atoms with Gasteiger partial charge < -0.3 is 15.4 Å². The first-order valence-electron chi connectivity index (χ1n) is 10.6. The summed E-state index contributed by atoms with van der Waals surface area (Å²) < 4.78 is 5.49. The molecule has 0 fully saturated rings. The highest BCUT2D eigenvalue weighted by Crippen LogP contribution is 2.29. The summed E-state index contributed by atoms with van der Waals surface area (Å²) in [7, 11) is 0. The summed E-state index contributed by atoms with van der Waals surface area (Å²) in [4.78, 5) is 26.0. The standard InChI is InChI=1S/C26H28N2O3S/c1-4-24(26(30)28-23-14-13-18(2)15-19(23)3)32-22-12-8-9-20(16-22)27-25(29)17-31-21-10-6-5-7-11-21/h5-16,24H,4,17H2,1-3H3,(H,27,29)(H,28,30). The van der Waals surface area contributed by atoms with Crippen molar-refractivity contribution in [2.24, 2.45) is 0 Å². The Hall–Kier alpha value is -3.25. The molecule has 3 aromatic carbocycles. The number of carbonyl (C=O) groups excluding carboxylic acids is 2. The number of thioether (sulfide) groups is 1. The van der Waals surface area contributed by atoms with Crippen LogP contribution < -0.4 is 15.4 Å². The maximum Gasteiger partial charge on any atom is 0.262 e. The maximum absolute atomic E-state index is 12.8. The summed E-state index contributed by atoms with van der Waals surface area (Å²) in [5.74, 6) is 0.373. The predicted molar refractivity (Wildman–Crippen MR) is 131 cm³/mol. The van der Waals surface area contributed by atoms with Crippen LogP contribution in [0.3, 0.4) is 0 Å². The van der Waals surface area contributed by atoms with E-state index in [4.69, 9.17) is 4.74 Å². The summed E-state index contributed by atoms with van der Waals surface area (Å²) in [5.41, 5.74) is 3.70. The maximum atomic E-state index is 12.8. The number of aryl methyl sites for hydroxylation is 2. The molecule has 166 valence electrons. The fourth-order valence-electron chi connectivity index (χ4n) is 3.16. The summed E-state index contributed by atoms with van der Waals surface area (Å²) in [6.07, 6.45) is 0.683. The number of nitrogens with one attached hydrogen (secondary N) is 2. The van der Waals surface area contributed by atoms with E-state index in [9.17, 15) is 9.59 Å². The van der Waals surface area contributed by atoms with Crippen molar-refractivity contribution in [3.63, 3.8) is 0 Å². The van der Waals surface area contributed by atoms with Gasteiger partial charge in [0.25, 0.3) is 5.91 Å². The summed E-state index contributed by atoms with van der Waals surface area (Å²) in [6, 6.07) is 22.7. The molecule has 6 heteroatoms. The number of ether oxygens (including phenoxy) is 1. The molecule has 0 spiro atoms. The first-order valence-corrected chi connectivity index (χ1v) is 11.4. The van der Waals surface area contributed by atoms with Crippen LogP contribution in [0.4, 0.5) is 11.4 Å². The predicted octanol–water partition coefficient (Wildman–Crippen LogP) is 5.83. The molecule has 1 unspecified atom stereocenters. The van der Waals surface area contributed by atoms with Crippen LogP contribution in [0.1, 0.15) is 24.5 Å². The van der Waals surface area contributed by atoms with E-state index in [1.54, 1.807) is 12.1 Å². The molecule has 0 aliphatic carbocycles. The molecule has 0 bridgehead atoms. The smallest absolute Gasteiger partial charge is 0.262 e. The van der Waals surface area contributed by atoms with E-state index >= 15 is 0 Å². The average molecular weight is 449 g/mol. The lowest BCUT2D eigenvalue weighted by molar-refractivity contribution is -0.118. The molecule has 3 aromatic rings. The number of rotatable bonds is 9. The van der Waals surface area contributed by atoms with Crippen molar-refractivity contribution in [2.75, 3.05) is 17.2 Å². The molecule has 2 amide bonds. The van der Waals surface area contributed by atoms with E-state index in [-0.39, 0.29) is 23.7 Å². The second kappa shape index (κ2) is 11.4. The minimum atomic E-state index is -0.247. The Kier molecular flexibility index (Phi) is 8.34. The lowest BCUT2D eigenvalue weighted by atomic mass is 10.1. The zero-order valence-electron chi connectivity index (χ0n) is 18.6. The van der Waals surface area contributed by atoms with Crippen LogP contribution in [0.15, 0.2) is 77.7 Å². The van der Waals surface area contributed by atoms with Crippen molar-refractivity contribution in [3.8, 4) is 5.75 Å². The Bertz CT molecular complexity index is 1070. The van der Waals surface area contributed by atoms with Crippen LogP contribution >= 0.6 is 11.8 Å². The second-order valence-corrected chi connectivity index (χ2v) is 8.78. The molecular formula is C26H28N2O3S. The van der Waals surface area contributed by atoms with Crippen molar-refractivity contribution in [1.82, 2.24) is 0 Å². The fourth-order valence-corrected chi connectivity index (χ4v) is 4.18. The third-order valence-electron chi connectivity index (χ3n) is 4.81. The van der Waals surface area contributed by atoms with Gasteiger partial charge in [-0.15, -0.1) is 11.8 Å². The van der Waals surface area contributed by atoms with Gasteiger partial charge in [-0.3, -0.25) is 9.59 Å². The molecule has 0 aliphatic heterocycles. The van der Waals surface area contributed by atoms with Gasteiger partial charge in [-0.1, -0.05) is 48.9 Å². The Morgan fingerprint density at radius 1 is 0.938 bits per heavy atom. The normalized spacial score (nSPS) is 11.5. The Morgan fingerprint density at radius 2 is 1.72 bits per heavy atom. The van der Waals surface area contributed by atoms with Crippen LogP contribution in [0.5, 0.6) is 5.75 Å². The lowest BCUT2D eigenvalue weighted by Crippen LogP contribution is -2.25. The van der Waals surface area contributed by atoms with E-state index < -0.39 is 0 Å². The third kappa shape index (κ3) is 6.89. The van der Waals surface area contributed by atoms with E-state index in [1.807, 2.05) is 75.4 Å². The van der Waals surface area contributed by atoms with Gasteiger partial charge in [-0.25, -0.2) is 0 Å². The molecular weight excluding hydrogens is 420 g/mol. The lowest BCUT2D eigenvalue weighted by Gasteiger charge is -2.17. The van der Waals surface area contributed by atoms with Gasteiger partial charge in [-0.2, -0.15) is 0 Å². The first-order chi connectivity index (χ1) is 15.4. The summed E-state index contributed by atoms with van der Waals surface area (Å²) >= 11 is 1.48. The molecule has 0 saturated carbocycles. The molecule has 5 nitrogen and oxygen atoms in total. The molecule has 0 radical (unpaired) electrons. The number of carbonyl (C=O) groups is 2. The highest BCUT2D eigenvalue weighted by molar-refractivity contribution is 8.00. The van der Waals surface area contributed by atoms with Crippen LogP contribution in [-0.2, 0) is 9.59 Å². The highest BCUT2D eigenvalue weighted by atomic mass is 32.2. The molecule has 0 saturated heterocycles. The van der Waals surface area contributed by atoms with Gasteiger partial charge in [-0.05, 0) is 62.2 Å². The minimum Gasteiger partial charge on any atom is -0.484 e. The molecule has 1 atom stereocenters. The van der Waals surface area contributed by atoms with Crippen molar-refractivity contribution in [2.45, 2.75) is 37.3 Å². The Labute approximate surface area is 193 Å². The Balaban J connectivity index is 1.58. The largest absolute Gasteiger partial charge is 0.484 e. The molecule has 3 rings (SSSR count). The fraction of sp³-hybridized carbons (Fsp3) is 0.231. The number of anilines is 2. The van der Waals surface area contributed by atoms with Gasteiger partial charge in [0.2, 0.25) is 5.91 Å². The number of hydrogen-bond donors (Lipinski definition) is 2. The quantitative estimate of drug-likeness (QED) is 0.404. The minimum absolute atomic E-state index is 0.0323. The number of hydrogen-bond acceptors (Lipinski definition) is 4. The van der Waals surface area contributed by atoms with Gasteiger partial charge >= 0.3 is 0 Å². The Morgan fingerprint density at radius 3 is 2.44 bits per heavy atom. The van der Waals surface area contributed by atoms with Crippen LogP contribution in [-0.4, -0.2) is 23.7 Å². The third-order valence-corrected chi connectivity index (χ3v) is 6.17. The molecule has 0 heterocycles. The first kappa shape index (κ1) is 23.4. The van der Waals surface area contributed by atoms with Crippen molar-refractivity contribution >= 4 is 35.0 Å². The van der Waals surface area contributed by atoms with Gasteiger partial charge in [0.05, 0.1) is 5.25 Å². The van der Waals surface area contributed by atoms with Gasteiger partial charge in [0, 0.05) is 16.3 Å². The van der Waals surface area contributed by atoms with Crippen molar-refractivity contribution in [1.29, 1.82) is 0 Å². The second-order valence-electron chi connectivity index (χ2n) is 7.50. The SMILES string of the molecule is CCC(Sc1cccc(NC(=O)COc2ccccc2)c1)C(=O)Nc1ccc(C)cc1C. The highest BCUT2D eigenvalue weighted by Gasteiger charge is 2.19. The topological polar surface area (TPSA) is 67.4 Å². The van der Waals surface area contributed by atoms with Gasteiger partial charge in [0.15, 0.2) is 6.61 Å². The van der Waals surface area contributed by atoms with Crippen LogP contribution in [0.2, 0.25) is 0 Å². The molecule has 0 aromatic heterocycles. The van der Waals surface area contributed by atoms with Gasteiger partial charge in [0.1, 0.15) is 5.75 Å². The zero-order valence-corrected chi connectivity index (χ0v) is 19.4. The van der Waals surface area contributed by atoms with E-state index in [0.717, 1.165) is 21.7 Å². The number of amides is 2. The number of benzene rings is 3. The van der Waals surface area contributed by atoms with E-state index in [1.165, 1.54) is 11.8 Å². The number of para-hydroxylation sites is 1. The zero-order chi connectivity index (χ0) is 22.9. The van der Waals surface area contributed by atoms with Crippen molar-refractivity contribution < 1.29 is 14.3 Å². The average Bonchev–Trinajstić information content (AvgIpc) is 2.79. The summed E-state index contributed by atoms with van der Waals surface area (Å²) in [5, 5.41) is 5.64.